The lowest BCUT2D eigenvalue weighted by atomic mass is 10.0. The molecule has 0 aromatic carbocycles. The summed E-state index contributed by atoms with van der Waals surface area (Å²) in [5.41, 5.74) is -0.801. The zero-order valence-electron chi connectivity index (χ0n) is 5.49. The Bertz CT molecular complexity index is 139. The molecule has 2 rings (SSSR count). The molecule has 2 heterocycles. The van der Waals surface area contributed by atoms with Crippen molar-refractivity contribution in [3.05, 3.63) is 0 Å². The van der Waals surface area contributed by atoms with Crippen LogP contribution in [0.5, 0.6) is 0 Å². The van der Waals surface area contributed by atoms with E-state index < -0.39 is 11.7 Å². The summed E-state index contributed by atoms with van der Waals surface area (Å²) in [5.74, 6) is 0. The standard InChI is InChI=1S/C6H10O4/c7-2-6-3-9-4(1-10-6)5(6)8/h4-5,7-8H,1-3H2. The first-order chi connectivity index (χ1) is 4.78. The van der Waals surface area contributed by atoms with E-state index in [-0.39, 0.29) is 12.7 Å². The highest BCUT2D eigenvalue weighted by molar-refractivity contribution is 5.03. The van der Waals surface area contributed by atoms with E-state index in [9.17, 15) is 5.11 Å². The lowest BCUT2D eigenvalue weighted by molar-refractivity contribution is -0.122. The zero-order chi connectivity index (χ0) is 7.19. The van der Waals surface area contributed by atoms with E-state index in [2.05, 4.69) is 0 Å². The molecule has 0 aromatic heterocycles. The van der Waals surface area contributed by atoms with Crippen molar-refractivity contribution in [2.45, 2.75) is 17.8 Å². The first kappa shape index (κ1) is 6.54. The number of hydrogen-bond acceptors (Lipinski definition) is 4. The van der Waals surface area contributed by atoms with Crippen LogP contribution in [0.4, 0.5) is 0 Å². The number of rotatable bonds is 1. The van der Waals surface area contributed by atoms with Crippen LogP contribution in [0.15, 0.2) is 0 Å². The highest BCUT2D eigenvalue weighted by Gasteiger charge is 2.55. The van der Waals surface area contributed by atoms with Gasteiger partial charge in [-0.1, -0.05) is 0 Å². The van der Waals surface area contributed by atoms with Crippen LogP contribution in [0, 0.1) is 0 Å². The molecule has 2 aliphatic rings. The number of ether oxygens (including phenoxy) is 2. The van der Waals surface area contributed by atoms with Crippen molar-refractivity contribution in [2.75, 3.05) is 19.8 Å². The quantitative estimate of drug-likeness (QED) is 0.473. The van der Waals surface area contributed by atoms with Gasteiger partial charge in [0.1, 0.15) is 17.8 Å². The summed E-state index contributed by atoms with van der Waals surface area (Å²) in [5, 5.41) is 18.2. The zero-order valence-corrected chi connectivity index (χ0v) is 5.49. The number of aliphatic hydroxyl groups excluding tert-OH is 2. The third-order valence-corrected chi connectivity index (χ3v) is 2.24. The predicted molar refractivity (Wildman–Crippen MR) is 31.5 cm³/mol. The highest BCUT2D eigenvalue weighted by atomic mass is 16.6. The second-order valence-electron chi connectivity index (χ2n) is 2.83. The number of aliphatic hydroxyl groups is 2. The van der Waals surface area contributed by atoms with Crippen LogP contribution in [-0.2, 0) is 9.47 Å². The summed E-state index contributed by atoms with van der Waals surface area (Å²) in [7, 11) is 0. The maximum atomic E-state index is 9.37. The smallest absolute Gasteiger partial charge is 0.143 e. The van der Waals surface area contributed by atoms with E-state index in [4.69, 9.17) is 14.6 Å². The molecular formula is C6H10O4. The molecule has 4 heteroatoms. The van der Waals surface area contributed by atoms with Crippen molar-refractivity contribution in [2.24, 2.45) is 0 Å². The molecule has 2 aliphatic heterocycles. The van der Waals surface area contributed by atoms with Crippen LogP contribution < -0.4 is 0 Å². The van der Waals surface area contributed by atoms with Crippen molar-refractivity contribution in [3.8, 4) is 0 Å². The van der Waals surface area contributed by atoms with Gasteiger partial charge in [0, 0.05) is 0 Å². The fourth-order valence-electron chi connectivity index (χ4n) is 1.46. The monoisotopic (exact) mass is 146 g/mol. The van der Waals surface area contributed by atoms with Crippen LogP contribution in [0.1, 0.15) is 0 Å². The van der Waals surface area contributed by atoms with Gasteiger partial charge in [-0.2, -0.15) is 0 Å². The summed E-state index contributed by atoms with van der Waals surface area (Å²) >= 11 is 0. The molecule has 0 amide bonds. The Labute approximate surface area is 58.4 Å². The summed E-state index contributed by atoms with van der Waals surface area (Å²) in [4.78, 5) is 0. The molecule has 0 saturated carbocycles. The minimum Gasteiger partial charge on any atom is -0.393 e. The van der Waals surface area contributed by atoms with Gasteiger partial charge in [0.2, 0.25) is 0 Å². The summed E-state index contributed by atoms with van der Waals surface area (Å²) < 4.78 is 10.3. The highest BCUT2D eigenvalue weighted by Crippen LogP contribution is 2.34. The molecule has 4 nitrogen and oxygen atoms in total. The molecule has 0 aromatic rings. The summed E-state index contributed by atoms with van der Waals surface area (Å²) in [6.45, 7) is 0.557. The van der Waals surface area contributed by atoms with E-state index in [0.717, 1.165) is 0 Å². The van der Waals surface area contributed by atoms with Crippen LogP contribution in [0.3, 0.4) is 0 Å². The van der Waals surface area contributed by atoms with Crippen LogP contribution in [0.2, 0.25) is 0 Å². The van der Waals surface area contributed by atoms with Gasteiger partial charge in [-0.3, -0.25) is 0 Å². The second-order valence-corrected chi connectivity index (χ2v) is 2.83. The molecule has 3 atom stereocenters. The second kappa shape index (κ2) is 1.92. The summed E-state index contributed by atoms with van der Waals surface area (Å²) in [6.07, 6.45) is -0.857. The third kappa shape index (κ3) is 0.594. The van der Waals surface area contributed by atoms with Gasteiger partial charge in [-0.05, 0) is 0 Å². The van der Waals surface area contributed by atoms with Gasteiger partial charge < -0.3 is 19.7 Å². The molecule has 0 spiro atoms. The maximum absolute atomic E-state index is 9.37. The van der Waals surface area contributed by atoms with E-state index in [1.54, 1.807) is 0 Å². The largest absolute Gasteiger partial charge is 0.393 e. The Hall–Kier alpha value is -0.160. The molecule has 2 fully saturated rings. The molecule has 2 N–H and O–H groups in total. The third-order valence-electron chi connectivity index (χ3n) is 2.24. The normalized spacial score (nSPS) is 52.2. The Morgan fingerprint density at radius 1 is 1.60 bits per heavy atom. The van der Waals surface area contributed by atoms with Crippen LogP contribution in [0.25, 0.3) is 0 Å². The van der Waals surface area contributed by atoms with E-state index >= 15 is 0 Å². The van der Waals surface area contributed by atoms with Gasteiger partial charge in [0.15, 0.2) is 0 Å². The van der Waals surface area contributed by atoms with Gasteiger partial charge in [-0.25, -0.2) is 0 Å². The average molecular weight is 146 g/mol. The van der Waals surface area contributed by atoms with Crippen LogP contribution >= 0.6 is 0 Å². The first-order valence-electron chi connectivity index (χ1n) is 3.33. The molecule has 2 saturated heterocycles. The minimum atomic E-state index is -0.801. The van der Waals surface area contributed by atoms with Gasteiger partial charge in [0.25, 0.3) is 0 Å². The average Bonchev–Trinajstić information content (AvgIpc) is 2.46. The Morgan fingerprint density at radius 2 is 2.40 bits per heavy atom. The van der Waals surface area contributed by atoms with E-state index in [1.165, 1.54) is 0 Å². The molecule has 3 unspecified atom stereocenters. The van der Waals surface area contributed by atoms with E-state index in [1.807, 2.05) is 0 Å². The summed E-state index contributed by atoms with van der Waals surface area (Å²) in [6, 6.07) is 0. The molecular weight excluding hydrogens is 136 g/mol. The number of fused-ring (bicyclic) bond motifs is 2. The Balaban J connectivity index is 2.22. The molecule has 0 radical (unpaired) electrons. The Morgan fingerprint density at radius 3 is 2.60 bits per heavy atom. The SMILES string of the molecule is OCC12COC(CO1)C2O. The fourth-order valence-corrected chi connectivity index (χ4v) is 1.46. The molecule has 0 aliphatic carbocycles. The first-order valence-corrected chi connectivity index (χ1v) is 3.33. The van der Waals surface area contributed by atoms with Crippen molar-refractivity contribution in [3.63, 3.8) is 0 Å². The predicted octanol–water partition coefficient (Wildman–Crippen LogP) is -1.49. The minimum absolute atomic E-state index is 0.162. The van der Waals surface area contributed by atoms with Gasteiger partial charge in [0.05, 0.1) is 19.8 Å². The van der Waals surface area contributed by atoms with E-state index in [0.29, 0.717) is 13.2 Å². The van der Waals surface area contributed by atoms with Crippen LogP contribution in [-0.4, -0.2) is 47.8 Å². The topological polar surface area (TPSA) is 58.9 Å². The lowest BCUT2D eigenvalue weighted by Crippen LogP contribution is -2.43. The lowest BCUT2D eigenvalue weighted by Gasteiger charge is -2.23. The molecule has 58 valence electrons. The molecule has 2 bridgehead atoms. The van der Waals surface area contributed by atoms with Crippen molar-refractivity contribution >= 4 is 0 Å². The fraction of sp³-hybridized carbons (Fsp3) is 1.00. The Kier molecular flexibility index (Phi) is 1.25. The molecule has 10 heavy (non-hydrogen) atoms. The number of hydrogen-bond donors (Lipinski definition) is 2. The van der Waals surface area contributed by atoms with Crippen molar-refractivity contribution in [1.82, 2.24) is 0 Å². The van der Waals surface area contributed by atoms with Gasteiger partial charge >= 0.3 is 0 Å². The van der Waals surface area contributed by atoms with Gasteiger partial charge in [-0.15, -0.1) is 0 Å². The van der Waals surface area contributed by atoms with Crippen molar-refractivity contribution in [1.29, 1.82) is 0 Å². The van der Waals surface area contributed by atoms with Crippen molar-refractivity contribution < 1.29 is 19.7 Å². The maximum Gasteiger partial charge on any atom is 0.143 e.